The van der Waals surface area contributed by atoms with Gasteiger partial charge in [-0.3, -0.25) is 9.69 Å². The third-order valence-corrected chi connectivity index (χ3v) is 5.56. The number of carbonyl (C=O) groups is 1. The predicted molar refractivity (Wildman–Crippen MR) is 114 cm³/mol. The Morgan fingerprint density at radius 2 is 1.97 bits per heavy atom. The van der Waals surface area contributed by atoms with Crippen molar-refractivity contribution in [3.8, 4) is 0 Å². The van der Waals surface area contributed by atoms with E-state index in [1.54, 1.807) is 18.3 Å². The number of rotatable bonds is 8. The molecule has 2 heterocycles. The molecular weight excluding hydrogens is 439 g/mol. The van der Waals surface area contributed by atoms with Gasteiger partial charge in [0.05, 0.1) is 6.61 Å². The lowest BCUT2D eigenvalue weighted by Gasteiger charge is -2.35. The Morgan fingerprint density at radius 3 is 2.66 bits per heavy atom. The summed E-state index contributed by atoms with van der Waals surface area (Å²) in [6.45, 7) is 4.03. The van der Waals surface area contributed by atoms with Gasteiger partial charge in [0.2, 0.25) is 5.91 Å². The van der Waals surface area contributed by atoms with Crippen LogP contribution in [0.1, 0.15) is 12.0 Å². The van der Waals surface area contributed by atoms with Crippen molar-refractivity contribution in [1.82, 2.24) is 14.8 Å². The van der Waals surface area contributed by atoms with E-state index in [2.05, 4.69) is 25.8 Å². The standard InChI is InChI=1S/C21H26BrFN4O2/c22-18-4-5-19(23)17(15-18)16-25(13-14-28)8-6-21(29)27-11-9-26(10-12-27)20-3-1-2-7-24-20/h1-5,7,15,28H,6,8-14,16H2. The first-order valence-electron chi connectivity index (χ1n) is 9.77. The molecule has 1 amide bonds. The molecule has 1 N–H and O–H groups in total. The normalized spacial score (nSPS) is 14.5. The highest BCUT2D eigenvalue weighted by atomic mass is 79.9. The fourth-order valence-corrected chi connectivity index (χ4v) is 3.86. The van der Waals surface area contributed by atoms with Crippen LogP contribution in [0.25, 0.3) is 0 Å². The maximum absolute atomic E-state index is 14.0. The van der Waals surface area contributed by atoms with Crippen LogP contribution >= 0.6 is 15.9 Å². The largest absolute Gasteiger partial charge is 0.395 e. The van der Waals surface area contributed by atoms with E-state index < -0.39 is 0 Å². The van der Waals surface area contributed by atoms with Crippen molar-refractivity contribution in [2.45, 2.75) is 13.0 Å². The lowest BCUT2D eigenvalue weighted by Crippen LogP contribution is -2.49. The molecule has 0 spiro atoms. The molecule has 156 valence electrons. The first-order chi connectivity index (χ1) is 14.1. The third kappa shape index (κ3) is 6.22. The summed E-state index contributed by atoms with van der Waals surface area (Å²) in [5.41, 5.74) is 0.546. The minimum absolute atomic E-state index is 0.0352. The van der Waals surface area contributed by atoms with Gasteiger partial charge < -0.3 is 14.9 Å². The number of amides is 1. The van der Waals surface area contributed by atoms with E-state index in [0.717, 1.165) is 23.4 Å². The molecular formula is C21H26BrFN4O2. The fourth-order valence-electron chi connectivity index (χ4n) is 3.45. The van der Waals surface area contributed by atoms with Crippen LogP contribution in [0, 0.1) is 5.82 Å². The molecule has 0 unspecified atom stereocenters. The smallest absolute Gasteiger partial charge is 0.223 e. The number of pyridine rings is 1. The number of hydrogen-bond donors (Lipinski definition) is 1. The van der Waals surface area contributed by atoms with Crippen LogP contribution < -0.4 is 4.90 Å². The minimum Gasteiger partial charge on any atom is -0.395 e. The zero-order chi connectivity index (χ0) is 20.6. The molecule has 0 atom stereocenters. The topological polar surface area (TPSA) is 59.9 Å². The van der Waals surface area contributed by atoms with E-state index >= 15 is 0 Å². The van der Waals surface area contributed by atoms with Crippen LogP contribution in [-0.2, 0) is 11.3 Å². The van der Waals surface area contributed by atoms with Crippen molar-refractivity contribution in [2.75, 3.05) is 50.8 Å². The molecule has 1 saturated heterocycles. The summed E-state index contributed by atoms with van der Waals surface area (Å²) < 4.78 is 14.8. The van der Waals surface area contributed by atoms with Crippen molar-refractivity contribution < 1.29 is 14.3 Å². The second kappa shape index (κ2) is 10.7. The maximum atomic E-state index is 14.0. The van der Waals surface area contributed by atoms with Crippen molar-refractivity contribution in [1.29, 1.82) is 0 Å². The summed E-state index contributed by atoms with van der Waals surface area (Å²) in [7, 11) is 0. The summed E-state index contributed by atoms with van der Waals surface area (Å²) in [6.07, 6.45) is 2.12. The molecule has 1 aliphatic heterocycles. The van der Waals surface area contributed by atoms with E-state index in [4.69, 9.17) is 0 Å². The number of carbonyl (C=O) groups excluding carboxylic acids is 1. The zero-order valence-corrected chi connectivity index (χ0v) is 17.9. The van der Waals surface area contributed by atoms with Crippen molar-refractivity contribution in [2.24, 2.45) is 0 Å². The Kier molecular flexibility index (Phi) is 7.97. The zero-order valence-electron chi connectivity index (χ0n) is 16.3. The number of aromatic nitrogens is 1. The second-order valence-corrected chi connectivity index (χ2v) is 7.96. The minimum atomic E-state index is -0.284. The van der Waals surface area contributed by atoms with Gasteiger partial charge in [-0.25, -0.2) is 9.37 Å². The number of piperazine rings is 1. The van der Waals surface area contributed by atoms with Gasteiger partial charge >= 0.3 is 0 Å². The molecule has 2 aromatic rings. The van der Waals surface area contributed by atoms with Gasteiger partial charge in [0, 0.05) is 68.5 Å². The Hall–Kier alpha value is -2.03. The molecule has 0 bridgehead atoms. The van der Waals surface area contributed by atoms with Gasteiger partial charge in [-0.15, -0.1) is 0 Å². The van der Waals surface area contributed by atoms with Crippen molar-refractivity contribution >= 4 is 27.7 Å². The average molecular weight is 465 g/mol. The summed E-state index contributed by atoms with van der Waals surface area (Å²) in [6, 6.07) is 10.6. The molecule has 1 fully saturated rings. The van der Waals surface area contributed by atoms with Gasteiger partial charge in [0.25, 0.3) is 0 Å². The molecule has 6 nitrogen and oxygen atoms in total. The van der Waals surface area contributed by atoms with Gasteiger partial charge in [-0.1, -0.05) is 22.0 Å². The number of aliphatic hydroxyl groups is 1. The second-order valence-electron chi connectivity index (χ2n) is 7.04. The first-order valence-corrected chi connectivity index (χ1v) is 10.6. The van der Waals surface area contributed by atoms with Crippen molar-refractivity contribution in [3.63, 3.8) is 0 Å². The van der Waals surface area contributed by atoms with Crippen LogP contribution in [0.4, 0.5) is 10.2 Å². The number of aliphatic hydroxyl groups excluding tert-OH is 1. The summed E-state index contributed by atoms with van der Waals surface area (Å²) >= 11 is 3.36. The number of benzene rings is 1. The van der Waals surface area contributed by atoms with Crippen LogP contribution in [0.2, 0.25) is 0 Å². The Bertz CT molecular complexity index is 801. The molecule has 3 rings (SSSR count). The maximum Gasteiger partial charge on any atom is 0.223 e. The molecule has 0 aliphatic carbocycles. The Balaban J connectivity index is 1.49. The lowest BCUT2D eigenvalue weighted by atomic mass is 10.2. The van der Waals surface area contributed by atoms with E-state index in [0.29, 0.717) is 44.7 Å². The van der Waals surface area contributed by atoms with Crippen LogP contribution in [0.5, 0.6) is 0 Å². The third-order valence-electron chi connectivity index (χ3n) is 5.07. The Labute approximate surface area is 179 Å². The highest BCUT2D eigenvalue weighted by molar-refractivity contribution is 9.10. The van der Waals surface area contributed by atoms with Gasteiger partial charge in [0.1, 0.15) is 11.6 Å². The number of hydrogen-bond acceptors (Lipinski definition) is 5. The predicted octanol–water partition coefficient (Wildman–Crippen LogP) is 2.52. The highest BCUT2D eigenvalue weighted by Gasteiger charge is 2.22. The van der Waals surface area contributed by atoms with E-state index in [9.17, 15) is 14.3 Å². The first kappa shape index (κ1) is 21.7. The number of anilines is 1. The van der Waals surface area contributed by atoms with Gasteiger partial charge in [0.15, 0.2) is 0 Å². The molecule has 1 aliphatic rings. The van der Waals surface area contributed by atoms with Crippen LogP contribution in [0.3, 0.4) is 0 Å². The van der Waals surface area contributed by atoms with Gasteiger partial charge in [-0.2, -0.15) is 0 Å². The van der Waals surface area contributed by atoms with E-state index in [1.165, 1.54) is 6.07 Å². The SMILES string of the molecule is O=C(CCN(CCO)Cc1cc(Br)ccc1F)N1CCN(c2ccccn2)CC1. The lowest BCUT2D eigenvalue weighted by molar-refractivity contribution is -0.131. The average Bonchev–Trinajstić information content (AvgIpc) is 2.75. The summed E-state index contributed by atoms with van der Waals surface area (Å²) in [5, 5.41) is 9.34. The Morgan fingerprint density at radius 1 is 1.17 bits per heavy atom. The molecule has 8 heteroatoms. The molecule has 1 aromatic carbocycles. The molecule has 29 heavy (non-hydrogen) atoms. The molecule has 0 radical (unpaired) electrons. The fraction of sp³-hybridized carbons (Fsp3) is 0.429. The van der Waals surface area contributed by atoms with Crippen molar-refractivity contribution in [3.05, 3.63) is 58.4 Å². The number of halogens is 2. The van der Waals surface area contributed by atoms with E-state index in [-0.39, 0.29) is 18.3 Å². The monoisotopic (exact) mass is 464 g/mol. The number of nitrogens with zero attached hydrogens (tertiary/aromatic N) is 4. The van der Waals surface area contributed by atoms with Crippen LogP contribution in [-0.4, -0.2) is 71.7 Å². The highest BCUT2D eigenvalue weighted by Crippen LogP contribution is 2.18. The van der Waals surface area contributed by atoms with Gasteiger partial charge in [-0.05, 0) is 30.3 Å². The van der Waals surface area contributed by atoms with Crippen LogP contribution in [0.15, 0.2) is 47.1 Å². The summed E-state index contributed by atoms with van der Waals surface area (Å²) in [5.74, 6) is 0.737. The molecule has 1 aromatic heterocycles. The quantitative estimate of drug-likeness (QED) is 0.650. The van der Waals surface area contributed by atoms with E-state index in [1.807, 2.05) is 28.0 Å². The molecule has 0 saturated carbocycles. The summed E-state index contributed by atoms with van der Waals surface area (Å²) in [4.78, 5) is 23.0.